The van der Waals surface area contributed by atoms with Crippen molar-refractivity contribution in [3.63, 3.8) is 0 Å². The van der Waals surface area contributed by atoms with Crippen LogP contribution in [0.25, 0.3) is 0 Å². The fourth-order valence-corrected chi connectivity index (χ4v) is 3.36. The van der Waals surface area contributed by atoms with Crippen LogP contribution in [0.15, 0.2) is 40.2 Å². The minimum atomic E-state index is 0.0907. The van der Waals surface area contributed by atoms with Crippen molar-refractivity contribution in [2.24, 2.45) is 5.92 Å². The third-order valence-electron chi connectivity index (χ3n) is 2.68. The molecule has 3 heteroatoms. The number of hydrogen-bond acceptors (Lipinski definition) is 2. The highest BCUT2D eigenvalue weighted by molar-refractivity contribution is 9.10. The average molecular weight is 323 g/mol. The molecule has 1 heterocycles. The van der Waals surface area contributed by atoms with Crippen molar-refractivity contribution in [1.29, 1.82) is 0 Å². The van der Waals surface area contributed by atoms with E-state index in [1.54, 1.807) is 0 Å². The van der Waals surface area contributed by atoms with Gasteiger partial charge in [0, 0.05) is 10.0 Å². The Hall–Kier alpha value is -0.930. The van der Waals surface area contributed by atoms with Crippen molar-refractivity contribution in [3.8, 4) is 0 Å². The first kappa shape index (κ1) is 13.5. The molecular weight excluding hydrogens is 308 g/mol. The second-order valence-corrected chi connectivity index (χ2v) is 6.49. The van der Waals surface area contributed by atoms with Gasteiger partial charge in [0.2, 0.25) is 5.78 Å². The van der Waals surface area contributed by atoms with Crippen LogP contribution in [0.5, 0.6) is 0 Å². The van der Waals surface area contributed by atoms with Gasteiger partial charge in [0.25, 0.3) is 0 Å². The van der Waals surface area contributed by atoms with E-state index in [-0.39, 0.29) is 5.78 Å². The molecule has 94 valence electrons. The maximum atomic E-state index is 12.2. The Labute approximate surface area is 120 Å². The van der Waals surface area contributed by atoms with Gasteiger partial charge in [0.05, 0.1) is 4.88 Å². The molecule has 0 N–H and O–H groups in total. The molecule has 0 fully saturated rings. The van der Waals surface area contributed by atoms with Crippen molar-refractivity contribution < 1.29 is 4.79 Å². The molecule has 2 rings (SSSR count). The number of carbonyl (C=O) groups is 1. The molecule has 1 aromatic carbocycles. The van der Waals surface area contributed by atoms with Crippen LogP contribution < -0.4 is 0 Å². The fourth-order valence-electron chi connectivity index (χ4n) is 1.85. The molecule has 0 saturated heterocycles. The molecule has 0 atom stereocenters. The van der Waals surface area contributed by atoms with Gasteiger partial charge >= 0.3 is 0 Å². The predicted octanol–water partition coefficient (Wildman–Crippen LogP) is 4.94. The first-order valence-corrected chi connectivity index (χ1v) is 7.62. The summed E-state index contributed by atoms with van der Waals surface area (Å²) >= 11 is 4.87. The zero-order chi connectivity index (χ0) is 13.1. The zero-order valence-electron chi connectivity index (χ0n) is 10.4. The van der Waals surface area contributed by atoms with E-state index in [0.29, 0.717) is 5.92 Å². The minimum absolute atomic E-state index is 0.0907. The molecule has 0 saturated carbocycles. The van der Waals surface area contributed by atoms with Gasteiger partial charge in [-0.15, -0.1) is 11.3 Å². The van der Waals surface area contributed by atoms with Crippen LogP contribution >= 0.6 is 27.3 Å². The number of thiophene rings is 1. The lowest BCUT2D eigenvalue weighted by atomic mass is 10.0. The Morgan fingerprint density at radius 2 is 1.89 bits per heavy atom. The summed E-state index contributed by atoms with van der Waals surface area (Å²) in [4.78, 5) is 13.0. The Kier molecular flexibility index (Phi) is 4.36. The molecule has 0 amide bonds. The van der Waals surface area contributed by atoms with Gasteiger partial charge in [-0.1, -0.05) is 38.1 Å². The van der Waals surface area contributed by atoms with Crippen molar-refractivity contribution in [1.82, 2.24) is 0 Å². The molecule has 0 bridgehead atoms. The SMILES string of the molecule is CC(C)Cc1ccc(C(=O)c2sccc2Br)cc1. The van der Waals surface area contributed by atoms with Gasteiger partial charge in [-0.05, 0) is 45.3 Å². The van der Waals surface area contributed by atoms with Crippen LogP contribution in [-0.4, -0.2) is 5.78 Å². The second kappa shape index (κ2) is 5.81. The van der Waals surface area contributed by atoms with E-state index in [9.17, 15) is 4.79 Å². The van der Waals surface area contributed by atoms with E-state index in [0.717, 1.165) is 21.3 Å². The van der Waals surface area contributed by atoms with Crippen LogP contribution in [0.1, 0.15) is 34.6 Å². The number of carbonyl (C=O) groups excluding carboxylic acids is 1. The van der Waals surface area contributed by atoms with Gasteiger partial charge in [0.15, 0.2) is 0 Å². The first-order chi connectivity index (χ1) is 8.58. The highest BCUT2D eigenvalue weighted by Gasteiger charge is 2.13. The largest absolute Gasteiger partial charge is 0.288 e. The Morgan fingerprint density at radius 3 is 2.39 bits per heavy atom. The second-order valence-electron chi connectivity index (χ2n) is 4.72. The van der Waals surface area contributed by atoms with E-state index in [1.807, 2.05) is 23.6 Å². The van der Waals surface area contributed by atoms with Crippen LogP contribution in [0.3, 0.4) is 0 Å². The lowest BCUT2D eigenvalue weighted by Crippen LogP contribution is -2.00. The fraction of sp³-hybridized carbons (Fsp3) is 0.267. The molecule has 1 aromatic heterocycles. The Balaban J connectivity index is 2.20. The number of halogens is 1. The summed E-state index contributed by atoms with van der Waals surface area (Å²) in [6.45, 7) is 4.39. The molecule has 0 spiro atoms. The zero-order valence-corrected chi connectivity index (χ0v) is 12.8. The van der Waals surface area contributed by atoms with Crippen molar-refractivity contribution >= 4 is 33.0 Å². The highest BCUT2D eigenvalue weighted by Crippen LogP contribution is 2.25. The molecule has 0 unspecified atom stereocenters. The van der Waals surface area contributed by atoms with Crippen molar-refractivity contribution in [3.05, 3.63) is 56.2 Å². The van der Waals surface area contributed by atoms with E-state index in [1.165, 1.54) is 16.9 Å². The molecule has 0 radical (unpaired) electrons. The van der Waals surface area contributed by atoms with E-state index >= 15 is 0 Å². The number of rotatable bonds is 4. The van der Waals surface area contributed by atoms with Gasteiger partial charge in [-0.25, -0.2) is 0 Å². The van der Waals surface area contributed by atoms with Crippen LogP contribution in [0.2, 0.25) is 0 Å². The molecule has 0 aliphatic rings. The maximum Gasteiger partial charge on any atom is 0.204 e. The quantitative estimate of drug-likeness (QED) is 0.728. The van der Waals surface area contributed by atoms with Gasteiger partial charge in [-0.3, -0.25) is 4.79 Å². The molecule has 18 heavy (non-hydrogen) atoms. The number of hydrogen-bond donors (Lipinski definition) is 0. The van der Waals surface area contributed by atoms with E-state index in [2.05, 4.69) is 41.9 Å². The van der Waals surface area contributed by atoms with Crippen molar-refractivity contribution in [2.45, 2.75) is 20.3 Å². The van der Waals surface area contributed by atoms with E-state index < -0.39 is 0 Å². The monoisotopic (exact) mass is 322 g/mol. The van der Waals surface area contributed by atoms with Gasteiger partial charge in [0.1, 0.15) is 0 Å². The molecule has 2 aromatic rings. The number of ketones is 1. The summed E-state index contributed by atoms with van der Waals surface area (Å²) in [7, 11) is 0. The normalized spacial score (nSPS) is 10.9. The summed E-state index contributed by atoms with van der Waals surface area (Å²) in [6.07, 6.45) is 1.05. The minimum Gasteiger partial charge on any atom is -0.288 e. The molecule has 0 aliphatic carbocycles. The summed E-state index contributed by atoms with van der Waals surface area (Å²) in [5, 5.41) is 1.92. The Bertz CT molecular complexity index is 540. The smallest absolute Gasteiger partial charge is 0.204 e. The number of benzene rings is 1. The van der Waals surface area contributed by atoms with Crippen molar-refractivity contribution in [2.75, 3.05) is 0 Å². The topological polar surface area (TPSA) is 17.1 Å². The van der Waals surface area contributed by atoms with Crippen LogP contribution in [0.4, 0.5) is 0 Å². The Morgan fingerprint density at radius 1 is 1.22 bits per heavy atom. The van der Waals surface area contributed by atoms with Crippen LogP contribution in [0, 0.1) is 5.92 Å². The standard InChI is InChI=1S/C15H15BrOS/c1-10(2)9-11-3-5-12(6-4-11)14(17)15-13(16)7-8-18-15/h3-8,10H,9H2,1-2H3. The van der Waals surface area contributed by atoms with Gasteiger partial charge in [-0.2, -0.15) is 0 Å². The maximum absolute atomic E-state index is 12.2. The van der Waals surface area contributed by atoms with E-state index in [4.69, 9.17) is 0 Å². The highest BCUT2D eigenvalue weighted by atomic mass is 79.9. The third-order valence-corrected chi connectivity index (χ3v) is 4.52. The summed E-state index contributed by atoms with van der Waals surface area (Å²) in [5.41, 5.74) is 2.04. The summed E-state index contributed by atoms with van der Waals surface area (Å²) in [5.74, 6) is 0.728. The summed E-state index contributed by atoms with van der Waals surface area (Å²) in [6, 6.07) is 9.85. The van der Waals surface area contributed by atoms with Gasteiger partial charge < -0.3 is 0 Å². The molecule has 0 aliphatic heterocycles. The van der Waals surface area contributed by atoms with Crippen LogP contribution in [-0.2, 0) is 6.42 Å². The predicted molar refractivity (Wildman–Crippen MR) is 80.4 cm³/mol. The lowest BCUT2D eigenvalue weighted by Gasteiger charge is -2.05. The summed E-state index contributed by atoms with van der Waals surface area (Å²) < 4.78 is 0.878. The first-order valence-electron chi connectivity index (χ1n) is 5.94. The molecular formula is C15H15BrOS. The molecule has 1 nitrogen and oxygen atoms in total. The third kappa shape index (κ3) is 3.09. The lowest BCUT2D eigenvalue weighted by molar-refractivity contribution is 0.104. The average Bonchev–Trinajstić information content (AvgIpc) is 2.75.